The van der Waals surface area contributed by atoms with E-state index in [2.05, 4.69) is 10.6 Å². The van der Waals surface area contributed by atoms with Gasteiger partial charge in [0.1, 0.15) is 5.78 Å². The number of ether oxygens (including phenoxy) is 1. The van der Waals surface area contributed by atoms with Crippen molar-refractivity contribution in [2.75, 3.05) is 26.3 Å². The SMILES string of the molecule is CCC(=O)CC(CC(=O)NCCOCCN1C(=O)CC(C)C1=O)C(=O)NC(=O)c1ccc(CC)cc1. The Morgan fingerprint density at radius 1 is 1.06 bits per heavy atom. The van der Waals surface area contributed by atoms with E-state index in [9.17, 15) is 28.8 Å². The maximum atomic E-state index is 12.7. The zero-order valence-electron chi connectivity index (χ0n) is 21.1. The second-order valence-electron chi connectivity index (χ2n) is 8.82. The number of carbonyl (C=O) groups excluding carboxylic acids is 6. The molecule has 1 fully saturated rings. The van der Waals surface area contributed by atoms with E-state index in [1.54, 1.807) is 38.1 Å². The molecule has 196 valence electrons. The minimum absolute atomic E-state index is 0.147. The Kier molecular flexibility index (Phi) is 11.4. The molecule has 0 saturated carbocycles. The predicted octanol–water partition coefficient (Wildman–Crippen LogP) is 1.41. The lowest BCUT2D eigenvalue weighted by Crippen LogP contribution is -2.39. The summed E-state index contributed by atoms with van der Waals surface area (Å²) in [6.45, 7) is 5.97. The monoisotopic (exact) mass is 501 g/mol. The van der Waals surface area contributed by atoms with E-state index in [4.69, 9.17) is 4.74 Å². The van der Waals surface area contributed by atoms with Crippen LogP contribution in [0.3, 0.4) is 0 Å². The first-order valence-electron chi connectivity index (χ1n) is 12.3. The molecule has 10 nitrogen and oxygen atoms in total. The van der Waals surface area contributed by atoms with Gasteiger partial charge in [-0.05, 0) is 24.1 Å². The Bertz CT molecular complexity index is 974. The Labute approximate surface area is 211 Å². The summed E-state index contributed by atoms with van der Waals surface area (Å²) in [4.78, 5) is 74.3. The van der Waals surface area contributed by atoms with Crippen molar-refractivity contribution in [3.05, 3.63) is 35.4 Å². The highest BCUT2D eigenvalue weighted by molar-refractivity contribution is 6.06. The molecule has 2 unspecified atom stereocenters. The fraction of sp³-hybridized carbons (Fsp3) is 0.538. The first-order chi connectivity index (χ1) is 17.2. The molecule has 2 atom stereocenters. The Morgan fingerprint density at radius 3 is 2.33 bits per heavy atom. The summed E-state index contributed by atoms with van der Waals surface area (Å²) < 4.78 is 5.39. The Hall–Kier alpha value is -3.40. The minimum Gasteiger partial charge on any atom is -0.378 e. The van der Waals surface area contributed by atoms with E-state index >= 15 is 0 Å². The largest absolute Gasteiger partial charge is 0.378 e. The van der Waals surface area contributed by atoms with Crippen LogP contribution < -0.4 is 10.6 Å². The quantitative estimate of drug-likeness (QED) is 0.290. The van der Waals surface area contributed by atoms with Crippen LogP contribution in [-0.4, -0.2) is 66.5 Å². The third-order valence-corrected chi connectivity index (χ3v) is 6.03. The van der Waals surface area contributed by atoms with Gasteiger partial charge in [0.15, 0.2) is 0 Å². The van der Waals surface area contributed by atoms with Crippen molar-refractivity contribution in [2.24, 2.45) is 11.8 Å². The lowest BCUT2D eigenvalue weighted by Gasteiger charge is -2.16. The topological polar surface area (TPSA) is 139 Å². The number of aryl methyl sites for hydroxylation is 1. The number of hydrogen-bond acceptors (Lipinski definition) is 7. The molecule has 2 rings (SSSR count). The van der Waals surface area contributed by atoms with Gasteiger partial charge in [-0.3, -0.25) is 39.0 Å². The number of amides is 5. The third kappa shape index (κ3) is 8.67. The highest BCUT2D eigenvalue weighted by Crippen LogP contribution is 2.18. The van der Waals surface area contributed by atoms with Crippen LogP contribution in [0, 0.1) is 11.8 Å². The van der Waals surface area contributed by atoms with Gasteiger partial charge >= 0.3 is 0 Å². The van der Waals surface area contributed by atoms with Crippen LogP contribution >= 0.6 is 0 Å². The molecule has 2 N–H and O–H groups in total. The van der Waals surface area contributed by atoms with E-state index < -0.39 is 23.6 Å². The van der Waals surface area contributed by atoms with Gasteiger partial charge in [-0.2, -0.15) is 0 Å². The van der Waals surface area contributed by atoms with Crippen LogP contribution in [0.25, 0.3) is 0 Å². The zero-order valence-corrected chi connectivity index (χ0v) is 21.1. The predicted molar refractivity (Wildman–Crippen MR) is 131 cm³/mol. The van der Waals surface area contributed by atoms with Crippen molar-refractivity contribution in [1.29, 1.82) is 0 Å². The number of ketones is 1. The fourth-order valence-electron chi connectivity index (χ4n) is 3.75. The molecule has 0 spiro atoms. The normalized spacial score (nSPS) is 16.1. The van der Waals surface area contributed by atoms with E-state index in [-0.39, 0.29) is 75.5 Å². The molecule has 1 aromatic rings. The Morgan fingerprint density at radius 2 is 1.75 bits per heavy atom. The maximum Gasteiger partial charge on any atom is 0.257 e. The first-order valence-corrected chi connectivity index (χ1v) is 12.3. The fourth-order valence-corrected chi connectivity index (χ4v) is 3.75. The van der Waals surface area contributed by atoms with Gasteiger partial charge in [0, 0.05) is 43.7 Å². The van der Waals surface area contributed by atoms with E-state index in [0.29, 0.717) is 5.56 Å². The molecule has 36 heavy (non-hydrogen) atoms. The van der Waals surface area contributed by atoms with Crippen LogP contribution in [-0.2, 0) is 35.1 Å². The average molecular weight is 502 g/mol. The summed E-state index contributed by atoms with van der Waals surface area (Å²) >= 11 is 0. The van der Waals surface area contributed by atoms with Crippen molar-refractivity contribution >= 4 is 35.3 Å². The van der Waals surface area contributed by atoms with E-state index in [1.165, 1.54) is 4.90 Å². The van der Waals surface area contributed by atoms with Crippen LogP contribution in [0.5, 0.6) is 0 Å². The van der Waals surface area contributed by atoms with Crippen LogP contribution in [0.1, 0.15) is 62.4 Å². The van der Waals surface area contributed by atoms with E-state index in [0.717, 1.165) is 12.0 Å². The summed E-state index contributed by atoms with van der Waals surface area (Å²) in [5, 5.41) is 4.92. The van der Waals surface area contributed by atoms with Crippen molar-refractivity contribution in [3.8, 4) is 0 Å². The van der Waals surface area contributed by atoms with Gasteiger partial charge in [-0.1, -0.05) is 32.9 Å². The van der Waals surface area contributed by atoms with Crippen molar-refractivity contribution in [1.82, 2.24) is 15.5 Å². The Balaban J connectivity index is 1.79. The second kappa shape index (κ2) is 14.2. The van der Waals surface area contributed by atoms with Crippen LogP contribution in [0.15, 0.2) is 24.3 Å². The van der Waals surface area contributed by atoms with Gasteiger partial charge < -0.3 is 10.1 Å². The summed E-state index contributed by atoms with van der Waals surface area (Å²) in [5.41, 5.74) is 1.37. The van der Waals surface area contributed by atoms with Crippen molar-refractivity contribution < 1.29 is 33.5 Å². The lowest BCUT2D eigenvalue weighted by molar-refractivity contribution is -0.140. The minimum atomic E-state index is -0.980. The maximum absolute atomic E-state index is 12.7. The van der Waals surface area contributed by atoms with Crippen LogP contribution in [0.2, 0.25) is 0 Å². The highest BCUT2D eigenvalue weighted by atomic mass is 16.5. The number of benzene rings is 1. The third-order valence-electron chi connectivity index (χ3n) is 6.03. The molecule has 5 amide bonds. The second-order valence-corrected chi connectivity index (χ2v) is 8.82. The number of Topliss-reactive ketones (excluding diaryl/α,β-unsaturated/α-hetero) is 1. The zero-order chi connectivity index (χ0) is 26.7. The molecule has 0 bridgehead atoms. The summed E-state index contributed by atoms with van der Waals surface area (Å²) in [6, 6.07) is 6.84. The van der Waals surface area contributed by atoms with Crippen LogP contribution in [0.4, 0.5) is 0 Å². The number of hydrogen-bond donors (Lipinski definition) is 2. The number of likely N-dealkylation sites (tertiary alicyclic amines) is 1. The van der Waals surface area contributed by atoms with Crippen molar-refractivity contribution in [3.63, 3.8) is 0 Å². The average Bonchev–Trinajstić information content (AvgIpc) is 3.11. The first kappa shape index (κ1) is 28.8. The molecule has 0 radical (unpaired) electrons. The number of nitrogens with zero attached hydrogens (tertiary/aromatic N) is 1. The van der Waals surface area contributed by atoms with E-state index in [1.807, 2.05) is 6.92 Å². The molecule has 1 aliphatic rings. The molecular formula is C26H35N3O7. The van der Waals surface area contributed by atoms with Crippen molar-refractivity contribution in [2.45, 2.75) is 52.9 Å². The molecule has 0 aliphatic carbocycles. The standard InChI is InChI=1S/C26H35N3O7/c1-4-18-6-8-19(9-7-18)24(33)28-25(34)20(15-21(30)5-2)16-22(31)27-10-12-36-13-11-29-23(32)14-17(3)26(29)35/h6-9,17,20H,4-5,10-16H2,1-3H3,(H,27,31)(H,28,33,34). The molecule has 10 heteroatoms. The number of imide groups is 2. The highest BCUT2D eigenvalue weighted by Gasteiger charge is 2.35. The number of carbonyl (C=O) groups is 6. The molecule has 1 aromatic carbocycles. The number of nitrogens with one attached hydrogen (secondary N) is 2. The summed E-state index contributed by atoms with van der Waals surface area (Å²) in [5.74, 6) is -3.62. The molecule has 1 heterocycles. The van der Waals surface area contributed by atoms with Gasteiger partial charge in [0.05, 0.1) is 25.7 Å². The molecular weight excluding hydrogens is 466 g/mol. The summed E-state index contributed by atoms with van der Waals surface area (Å²) in [7, 11) is 0. The van der Waals surface area contributed by atoms with Gasteiger partial charge in [0.25, 0.3) is 5.91 Å². The smallest absolute Gasteiger partial charge is 0.257 e. The molecule has 0 aromatic heterocycles. The number of rotatable bonds is 14. The van der Waals surface area contributed by atoms with Gasteiger partial charge in [-0.25, -0.2) is 0 Å². The molecule has 1 saturated heterocycles. The van der Waals surface area contributed by atoms with Gasteiger partial charge in [0.2, 0.25) is 23.6 Å². The lowest BCUT2D eigenvalue weighted by atomic mass is 9.96. The summed E-state index contributed by atoms with van der Waals surface area (Å²) in [6.07, 6.45) is 0.839. The van der Waals surface area contributed by atoms with Gasteiger partial charge in [-0.15, -0.1) is 0 Å². The molecule has 1 aliphatic heterocycles.